The van der Waals surface area contributed by atoms with Crippen molar-refractivity contribution in [2.45, 2.75) is 52.3 Å². The fraction of sp³-hybridized carbons (Fsp3) is 0.261. The summed E-state index contributed by atoms with van der Waals surface area (Å²) in [5.41, 5.74) is 7.89. The molecular weight excluding hydrogens is 1140 g/mol. The van der Waals surface area contributed by atoms with Crippen molar-refractivity contribution in [1.82, 2.24) is 4.90 Å². The Hall–Kier alpha value is -4.66. The van der Waals surface area contributed by atoms with E-state index >= 15 is 0 Å². The van der Waals surface area contributed by atoms with Gasteiger partial charge in [0.2, 0.25) is 0 Å². The van der Waals surface area contributed by atoms with Crippen LogP contribution in [0.15, 0.2) is 102 Å². The Morgan fingerprint density at radius 3 is 1.26 bits per heavy atom. The van der Waals surface area contributed by atoms with Crippen LogP contribution >= 0.6 is 0 Å². The third-order valence-electron chi connectivity index (χ3n) is 8.00. The van der Waals surface area contributed by atoms with Crippen LogP contribution in [0, 0.1) is 72.4 Å². The van der Waals surface area contributed by atoms with Crippen molar-refractivity contribution in [3.63, 3.8) is 0 Å². The van der Waals surface area contributed by atoms with Crippen LogP contribution in [0.5, 0.6) is 0 Å². The minimum absolute atomic E-state index is 0.0189. The maximum absolute atomic E-state index is 7.50. The first-order valence-electron chi connectivity index (χ1n) is 16.9. The van der Waals surface area contributed by atoms with Crippen molar-refractivity contribution in [1.29, 1.82) is 0 Å². The number of hydrogen-bond acceptors (Lipinski definition) is 4. The Labute approximate surface area is 385 Å². The average molecular weight is 1180 g/mol. The van der Waals surface area contributed by atoms with Gasteiger partial charge in [-0.1, -0.05) is 0 Å². The van der Waals surface area contributed by atoms with Gasteiger partial charge in [-0.2, -0.15) is 0 Å². The van der Waals surface area contributed by atoms with E-state index in [-0.39, 0.29) is 17.9 Å². The molecule has 0 unspecified atom stereocenters. The second-order valence-electron chi connectivity index (χ2n) is 10.7. The number of nitrogens with zero attached hydrogens (tertiary/aromatic N) is 1. The molecule has 62 heavy (non-hydrogen) atoms. The normalized spacial score (nSPS) is 15.1. The fourth-order valence-corrected chi connectivity index (χ4v) is 9.30. The van der Waals surface area contributed by atoms with Crippen molar-refractivity contribution in [3.05, 3.63) is 185 Å². The van der Waals surface area contributed by atoms with Crippen molar-refractivity contribution in [2.24, 2.45) is 5.92 Å². The summed E-state index contributed by atoms with van der Waals surface area (Å²) in [6.45, 7) is 57.7. The minimum atomic E-state index is -0.711. The molecule has 0 fully saturated rings. The molecule has 3 aromatic carbocycles. The first-order valence-corrected chi connectivity index (χ1v) is 19.8. The molecule has 0 saturated heterocycles. The molecule has 0 amide bonds. The van der Waals surface area contributed by atoms with Gasteiger partial charge in [0.15, 0.2) is 0 Å². The van der Waals surface area contributed by atoms with E-state index in [0.29, 0.717) is 19.8 Å². The molecule has 1 aliphatic carbocycles. The van der Waals surface area contributed by atoms with Crippen LogP contribution < -0.4 is 0 Å². The molecule has 3 aromatic rings. The van der Waals surface area contributed by atoms with Crippen LogP contribution in [0.2, 0.25) is 0 Å². The van der Waals surface area contributed by atoms with Crippen molar-refractivity contribution < 1.29 is 99.4 Å². The molecule has 14 nitrogen and oxygen atoms in total. The van der Waals surface area contributed by atoms with Crippen LogP contribution in [-0.2, 0) is 99.4 Å². The second kappa shape index (κ2) is 45.9. The summed E-state index contributed by atoms with van der Waals surface area (Å²) in [6.07, 6.45) is 0. The third-order valence-corrected chi connectivity index (χ3v) is 10.4. The first kappa shape index (κ1) is 69.0. The van der Waals surface area contributed by atoms with E-state index in [2.05, 4.69) is 197 Å². The summed E-state index contributed by atoms with van der Waals surface area (Å²) in [5.74, 6) is 0.0390. The first-order chi connectivity index (χ1) is 30.4. The molecule has 3 atom stereocenters. The van der Waals surface area contributed by atoms with Crippen molar-refractivity contribution in [2.75, 3.05) is 19.8 Å². The summed E-state index contributed by atoms with van der Waals surface area (Å²) in [5, 5.41) is 0. The van der Waals surface area contributed by atoms with Gasteiger partial charge in [0.05, 0.1) is 0 Å². The summed E-state index contributed by atoms with van der Waals surface area (Å²) in [6, 6.07) is 32.7. The molecule has 0 saturated carbocycles. The quantitative estimate of drug-likeness (QED) is 0.141. The summed E-state index contributed by atoms with van der Waals surface area (Å²) in [7, 11) is 0. The summed E-state index contributed by atoms with van der Waals surface area (Å²) in [4.78, 5) is 2.55. The molecule has 0 N–H and O–H groups in total. The number of hydrogen-bond donors (Lipinski definition) is 0. The molecule has 0 spiro atoms. The summed E-state index contributed by atoms with van der Waals surface area (Å²) >= 11 is 2.64. The Balaban J connectivity index is -0.000000345. The zero-order valence-electron chi connectivity index (χ0n) is 34.1. The van der Waals surface area contributed by atoms with E-state index in [0.717, 1.165) is 8.17 Å². The third kappa shape index (κ3) is 18.0. The van der Waals surface area contributed by atoms with Gasteiger partial charge < -0.3 is 0 Å². The standard InChI is InChI=1S/C36H39NO3.10CO.2W/c1-6-38-24-30-32(27-18-12-9-13-19-27)34-33(28-20-14-10-15-21-28)31(25-39-7-2)36(34,40-8-3)37(26(4)5)35(30)29-22-16-11-17-23-29;10*1-2;;/h9-23,26,32,34H,6-8H2,1-5H3;;;;;;;;;;;;/t32-,34+,36+;;;;;;;;;;;;/m1............/s1. The maximum atomic E-state index is 7.50. The molecule has 2 aliphatic rings. The topological polar surface area (TPSA) is 230 Å². The molecule has 318 valence electrons. The van der Waals surface area contributed by atoms with Crippen LogP contribution in [0.25, 0.3) is 11.3 Å². The van der Waals surface area contributed by atoms with Gasteiger partial charge in [-0.25, -0.2) is 0 Å². The van der Waals surface area contributed by atoms with Gasteiger partial charge in [-0.15, -0.1) is 0 Å². The second-order valence-corrected chi connectivity index (χ2v) is 13.3. The number of ether oxygens (including phenoxy) is 3. The van der Waals surface area contributed by atoms with Crippen LogP contribution in [0.3, 0.4) is 0 Å². The van der Waals surface area contributed by atoms with E-state index < -0.39 is 5.72 Å². The Bertz CT molecular complexity index is 1880. The Morgan fingerprint density at radius 2 is 0.903 bits per heavy atom. The Kier molecular flexibility index (Phi) is 51.1. The van der Waals surface area contributed by atoms with Crippen LogP contribution in [0.1, 0.15) is 57.2 Å². The van der Waals surface area contributed by atoms with E-state index in [1.165, 1.54) is 77.8 Å². The van der Waals surface area contributed by atoms with Crippen LogP contribution in [-0.4, -0.2) is 44.7 Å². The van der Waals surface area contributed by atoms with E-state index in [1.807, 2.05) is 0 Å². The van der Waals surface area contributed by atoms with Gasteiger partial charge in [-0.05, 0) is 0 Å². The number of rotatable bonds is 12. The summed E-state index contributed by atoms with van der Waals surface area (Å²) < 4.78 is 97.1. The molecule has 5 rings (SSSR count). The fourth-order valence-electron chi connectivity index (χ4n) is 6.73. The van der Waals surface area contributed by atoms with Crippen LogP contribution in [0.4, 0.5) is 0 Å². The van der Waals surface area contributed by atoms with Gasteiger partial charge in [-0.3, -0.25) is 0 Å². The predicted octanol–water partition coefficient (Wildman–Crippen LogP) is 6.77. The van der Waals surface area contributed by atoms with E-state index in [1.54, 1.807) is 0 Å². The van der Waals surface area contributed by atoms with Gasteiger partial charge in [0.25, 0.3) is 0 Å². The van der Waals surface area contributed by atoms with E-state index in [9.17, 15) is 0 Å². The molecule has 0 bridgehead atoms. The molecule has 0 radical (unpaired) electrons. The average Bonchev–Trinajstić information content (AvgIpc) is 3.36. The van der Waals surface area contributed by atoms with Gasteiger partial charge in [0.1, 0.15) is 0 Å². The molecular formula is C46H39NO13W2. The monoisotopic (exact) mass is 1180 g/mol. The van der Waals surface area contributed by atoms with Crippen molar-refractivity contribution in [3.8, 4) is 0 Å². The molecule has 16 heteroatoms. The zero-order chi connectivity index (χ0) is 49.9. The van der Waals surface area contributed by atoms with Gasteiger partial charge >= 0.3 is 387 Å². The van der Waals surface area contributed by atoms with Crippen molar-refractivity contribution >= 4 is 19.4 Å². The predicted molar refractivity (Wildman–Crippen MR) is 203 cm³/mol. The number of fused-ring (bicyclic) bond motifs is 1. The Morgan fingerprint density at radius 1 is 0.548 bits per heavy atom. The molecule has 1 heterocycles. The van der Waals surface area contributed by atoms with Gasteiger partial charge in [0, 0.05) is 0 Å². The zero-order valence-corrected chi connectivity index (χ0v) is 40.0. The van der Waals surface area contributed by atoms with E-state index in [4.69, 9.17) is 60.7 Å². The number of benzene rings is 3. The molecule has 0 aromatic heterocycles. The SMILES string of the molecule is CCO[C](=[W])C1=C(c2ccccc2)N(C(C)C)[C@]2(OCC)C([C](=[W])OCC)=C(c3ccccc3)[C@@H]2[C@@H]1c1ccccc1.[C-]#[O+].[C-]#[O+].[C-]#[O+].[C-]#[O+].[C-]#[O+].[C-]#[O+].[C-]#[O+].[C-]#[O+].[C-]#[O+].[C-]#[O+]. The molecule has 1 aliphatic heterocycles.